The van der Waals surface area contributed by atoms with Crippen molar-refractivity contribution >= 4 is 5.91 Å². The van der Waals surface area contributed by atoms with Crippen molar-refractivity contribution in [2.24, 2.45) is 5.92 Å². The third kappa shape index (κ3) is 3.56. The summed E-state index contributed by atoms with van der Waals surface area (Å²) >= 11 is 0. The third-order valence-electron chi connectivity index (χ3n) is 3.89. The van der Waals surface area contributed by atoms with Gasteiger partial charge in [-0.15, -0.1) is 0 Å². The average molecular weight is 300 g/mol. The van der Waals surface area contributed by atoms with Gasteiger partial charge in [-0.2, -0.15) is 0 Å². The van der Waals surface area contributed by atoms with E-state index >= 15 is 0 Å². The van der Waals surface area contributed by atoms with E-state index in [-0.39, 0.29) is 11.8 Å². The van der Waals surface area contributed by atoms with E-state index in [1.165, 1.54) is 11.1 Å². The predicted octanol–water partition coefficient (Wildman–Crippen LogP) is 3.96. The first-order valence-electron chi connectivity index (χ1n) is 7.74. The highest BCUT2D eigenvalue weighted by Crippen LogP contribution is 2.23. The van der Waals surface area contributed by atoms with Gasteiger partial charge >= 0.3 is 0 Å². The molecule has 2 aromatic rings. The van der Waals surface area contributed by atoms with Crippen molar-refractivity contribution in [3.8, 4) is 11.3 Å². The Hall–Kier alpha value is -2.10. The van der Waals surface area contributed by atoms with Crippen LogP contribution >= 0.6 is 0 Å². The Labute approximate surface area is 132 Å². The first-order valence-corrected chi connectivity index (χ1v) is 7.74. The molecule has 0 bridgehead atoms. The number of carbonyl (C=O) groups excluding carboxylic acids is 1. The van der Waals surface area contributed by atoms with Crippen molar-refractivity contribution in [2.45, 2.75) is 41.2 Å². The van der Waals surface area contributed by atoms with Crippen molar-refractivity contribution in [1.82, 2.24) is 10.1 Å². The van der Waals surface area contributed by atoms with E-state index in [0.717, 1.165) is 17.0 Å². The lowest BCUT2D eigenvalue weighted by Gasteiger charge is -2.21. The zero-order valence-electron chi connectivity index (χ0n) is 14.0. The Morgan fingerprint density at radius 3 is 2.55 bits per heavy atom. The van der Waals surface area contributed by atoms with Gasteiger partial charge in [-0.1, -0.05) is 31.1 Å². The van der Waals surface area contributed by atoms with Crippen molar-refractivity contribution in [3.05, 3.63) is 41.1 Å². The number of rotatable bonds is 5. The van der Waals surface area contributed by atoms with Gasteiger partial charge in [0.1, 0.15) is 5.69 Å². The van der Waals surface area contributed by atoms with Crippen LogP contribution in [0.3, 0.4) is 0 Å². The third-order valence-corrected chi connectivity index (χ3v) is 3.89. The van der Waals surface area contributed by atoms with Gasteiger partial charge in [-0.05, 0) is 38.0 Å². The normalized spacial score (nSPS) is 11.0. The molecule has 0 aliphatic carbocycles. The SMILES string of the molecule is CCN(Cc1cc(-c2ccc(C)c(C)c2)on1)C(=O)C(C)C. The molecule has 4 nitrogen and oxygen atoms in total. The first-order chi connectivity index (χ1) is 10.4. The number of amides is 1. The maximum absolute atomic E-state index is 12.1. The molecule has 22 heavy (non-hydrogen) atoms. The van der Waals surface area contributed by atoms with Crippen molar-refractivity contribution < 1.29 is 9.32 Å². The summed E-state index contributed by atoms with van der Waals surface area (Å²) in [5.74, 6) is 0.871. The number of nitrogens with zero attached hydrogens (tertiary/aromatic N) is 2. The largest absolute Gasteiger partial charge is 0.356 e. The molecule has 118 valence electrons. The Balaban J connectivity index is 2.17. The number of carbonyl (C=O) groups is 1. The van der Waals surface area contributed by atoms with Gasteiger partial charge in [0.15, 0.2) is 5.76 Å². The highest BCUT2D eigenvalue weighted by atomic mass is 16.5. The molecule has 1 aromatic carbocycles. The van der Waals surface area contributed by atoms with E-state index in [2.05, 4.69) is 31.1 Å². The fraction of sp³-hybridized carbons (Fsp3) is 0.444. The Morgan fingerprint density at radius 1 is 1.23 bits per heavy atom. The summed E-state index contributed by atoms with van der Waals surface area (Å²) in [6.45, 7) is 11.1. The quantitative estimate of drug-likeness (QED) is 0.839. The monoisotopic (exact) mass is 300 g/mol. The molecule has 4 heteroatoms. The summed E-state index contributed by atoms with van der Waals surface area (Å²) in [7, 11) is 0. The molecule has 0 unspecified atom stereocenters. The first kappa shape index (κ1) is 16.3. The fourth-order valence-corrected chi connectivity index (χ4v) is 2.32. The maximum Gasteiger partial charge on any atom is 0.225 e. The molecule has 0 saturated carbocycles. The highest BCUT2D eigenvalue weighted by Gasteiger charge is 2.17. The van der Waals surface area contributed by atoms with E-state index in [1.807, 2.05) is 32.9 Å². The Morgan fingerprint density at radius 2 is 1.95 bits per heavy atom. The van der Waals surface area contributed by atoms with Crippen LogP contribution in [0.25, 0.3) is 11.3 Å². The maximum atomic E-state index is 12.1. The topological polar surface area (TPSA) is 46.3 Å². The molecule has 1 heterocycles. The average Bonchev–Trinajstić information content (AvgIpc) is 2.95. The number of benzene rings is 1. The Kier molecular flexibility index (Phi) is 5.01. The molecule has 0 N–H and O–H groups in total. The van der Waals surface area contributed by atoms with Crippen molar-refractivity contribution in [2.75, 3.05) is 6.54 Å². The van der Waals surface area contributed by atoms with E-state index in [1.54, 1.807) is 4.90 Å². The standard InChI is InChI=1S/C18H24N2O2/c1-6-20(18(21)12(2)3)11-16-10-17(22-19-16)15-8-7-13(4)14(5)9-15/h7-10,12H,6,11H2,1-5H3. The summed E-state index contributed by atoms with van der Waals surface area (Å²) in [4.78, 5) is 13.9. The summed E-state index contributed by atoms with van der Waals surface area (Å²) in [5, 5.41) is 4.11. The molecule has 0 spiro atoms. The smallest absolute Gasteiger partial charge is 0.225 e. The number of hydrogen-bond acceptors (Lipinski definition) is 3. The van der Waals surface area contributed by atoms with E-state index in [0.29, 0.717) is 13.1 Å². The molecule has 0 fully saturated rings. The van der Waals surface area contributed by atoms with Gasteiger partial charge in [-0.25, -0.2) is 0 Å². The van der Waals surface area contributed by atoms with Gasteiger partial charge in [0, 0.05) is 24.1 Å². The zero-order chi connectivity index (χ0) is 16.3. The van der Waals surface area contributed by atoms with E-state index < -0.39 is 0 Å². The van der Waals surface area contributed by atoms with Crippen LogP contribution in [0.1, 0.15) is 37.6 Å². The lowest BCUT2D eigenvalue weighted by atomic mass is 10.0. The lowest BCUT2D eigenvalue weighted by molar-refractivity contribution is -0.134. The van der Waals surface area contributed by atoms with Crippen LogP contribution in [0, 0.1) is 19.8 Å². The summed E-state index contributed by atoms with van der Waals surface area (Å²) < 4.78 is 5.44. The molecule has 0 aliphatic rings. The van der Waals surface area contributed by atoms with Crippen LogP contribution in [0.2, 0.25) is 0 Å². The lowest BCUT2D eigenvalue weighted by Crippen LogP contribution is -2.33. The van der Waals surface area contributed by atoms with Gasteiger partial charge in [0.2, 0.25) is 5.91 Å². The molecule has 1 amide bonds. The minimum atomic E-state index is -0.00827. The van der Waals surface area contributed by atoms with E-state index in [4.69, 9.17) is 4.52 Å². The molecular weight excluding hydrogens is 276 g/mol. The second-order valence-electron chi connectivity index (χ2n) is 5.99. The van der Waals surface area contributed by atoms with E-state index in [9.17, 15) is 4.79 Å². The second-order valence-corrected chi connectivity index (χ2v) is 5.99. The van der Waals surface area contributed by atoms with Crippen molar-refractivity contribution in [3.63, 3.8) is 0 Å². The van der Waals surface area contributed by atoms with Crippen LogP contribution in [0.15, 0.2) is 28.8 Å². The zero-order valence-corrected chi connectivity index (χ0v) is 14.0. The van der Waals surface area contributed by atoms with Gasteiger partial charge in [0.25, 0.3) is 0 Å². The van der Waals surface area contributed by atoms with Crippen LogP contribution in [0.4, 0.5) is 0 Å². The number of hydrogen-bond donors (Lipinski definition) is 0. The molecule has 2 rings (SSSR count). The minimum absolute atomic E-state index is 0.00827. The number of aryl methyl sites for hydroxylation is 2. The van der Waals surface area contributed by atoms with Crippen LogP contribution in [-0.4, -0.2) is 22.5 Å². The van der Waals surface area contributed by atoms with Crippen LogP contribution in [-0.2, 0) is 11.3 Å². The minimum Gasteiger partial charge on any atom is -0.356 e. The summed E-state index contributed by atoms with van der Waals surface area (Å²) in [6, 6.07) is 8.12. The predicted molar refractivity (Wildman–Crippen MR) is 87.3 cm³/mol. The molecule has 0 aliphatic heterocycles. The van der Waals surface area contributed by atoms with Gasteiger partial charge in [0.05, 0.1) is 6.54 Å². The molecule has 0 atom stereocenters. The molecular formula is C18H24N2O2. The Bertz CT molecular complexity index is 659. The molecule has 1 aromatic heterocycles. The highest BCUT2D eigenvalue weighted by molar-refractivity contribution is 5.78. The van der Waals surface area contributed by atoms with Crippen molar-refractivity contribution in [1.29, 1.82) is 0 Å². The summed E-state index contributed by atoms with van der Waals surface area (Å²) in [6.07, 6.45) is 0. The van der Waals surface area contributed by atoms with Crippen LogP contribution < -0.4 is 0 Å². The number of aromatic nitrogens is 1. The summed E-state index contributed by atoms with van der Waals surface area (Å²) in [5.41, 5.74) is 4.27. The van der Waals surface area contributed by atoms with Gasteiger partial charge < -0.3 is 9.42 Å². The second kappa shape index (κ2) is 6.77. The van der Waals surface area contributed by atoms with Gasteiger partial charge in [-0.3, -0.25) is 4.79 Å². The molecule has 0 radical (unpaired) electrons. The van der Waals surface area contributed by atoms with Crippen LogP contribution in [0.5, 0.6) is 0 Å². The fourth-order valence-electron chi connectivity index (χ4n) is 2.32. The molecule has 0 saturated heterocycles.